The Hall–Kier alpha value is 2.02. The van der Waals surface area contributed by atoms with Gasteiger partial charge >= 0.3 is 52.6 Å². The summed E-state index contributed by atoms with van der Waals surface area (Å²) in [5, 5.41) is 0. The molecule has 0 spiro atoms. The standard InChI is InChI=1S/ClHO.Mg.Na.3H/c1-2;;;;;/h2H;;;;;. The Kier molecular flexibility index (Phi) is 82.8. The van der Waals surface area contributed by atoms with Crippen molar-refractivity contribution in [3.63, 3.8) is 0 Å². The third kappa shape index (κ3) is 8.99. The van der Waals surface area contributed by atoms with E-state index in [2.05, 4.69) is 11.9 Å². The molecule has 0 bridgehead atoms. The Balaban J connectivity index is -0.00000000500. The van der Waals surface area contributed by atoms with Crippen molar-refractivity contribution in [1.29, 1.82) is 0 Å². The fraction of sp³-hybridized carbons (Fsp3) is 0. The molecule has 0 atom stereocenters. The molecule has 1 N–H and O–H groups in total. The van der Waals surface area contributed by atoms with Crippen LogP contribution in [0.4, 0.5) is 0 Å². The van der Waals surface area contributed by atoms with Crippen LogP contribution in [0.25, 0.3) is 0 Å². The molecule has 4 heavy (non-hydrogen) atoms. The van der Waals surface area contributed by atoms with Gasteiger partial charge in [-0.15, -0.1) is 0 Å². The van der Waals surface area contributed by atoms with Gasteiger partial charge in [-0.25, -0.2) is 0 Å². The summed E-state index contributed by atoms with van der Waals surface area (Å²) in [5.74, 6) is 0. The summed E-state index contributed by atoms with van der Waals surface area (Å²) in [7, 11) is 0. The Bertz CT molecular complexity index is 8.00. The molecule has 1 nitrogen and oxygen atoms in total. The van der Waals surface area contributed by atoms with Gasteiger partial charge in [-0.2, -0.15) is 0 Å². The first-order valence-electron chi connectivity index (χ1n) is 0.169. The Labute approximate surface area is 68.3 Å². The van der Waals surface area contributed by atoms with E-state index in [4.69, 9.17) is 4.66 Å². The van der Waals surface area contributed by atoms with Crippen molar-refractivity contribution in [2.75, 3.05) is 0 Å². The molecular formula is H4ClMgNaO. The second kappa shape index (κ2) is 19.9. The zero-order valence-corrected chi connectivity index (χ0v) is 1.58. The molecule has 0 aliphatic heterocycles. The van der Waals surface area contributed by atoms with Crippen LogP contribution in [0.2, 0.25) is 0 Å². The van der Waals surface area contributed by atoms with E-state index >= 15 is 0 Å². The van der Waals surface area contributed by atoms with Gasteiger partial charge in [0.15, 0.2) is 0 Å². The van der Waals surface area contributed by atoms with Crippen LogP contribution in [0.1, 0.15) is 0 Å². The zero-order valence-electron chi connectivity index (χ0n) is 0.825. The van der Waals surface area contributed by atoms with Gasteiger partial charge in [0, 0.05) is 0 Å². The van der Waals surface area contributed by atoms with Gasteiger partial charge in [0.1, 0.15) is 0 Å². The first-order valence-corrected chi connectivity index (χ1v) is 0.507. The van der Waals surface area contributed by atoms with Crippen LogP contribution >= 0.6 is 11.9 Å². The average molecular weight is 103 g/mol. The van der Waals surface area contributed by atoms with Gasteiger partial charge in [-0.05, 0) is 0 Å². The van der Waals surface area contributed by atoms with E-state index in [1.165, 1.54) is 0 Å². The topological polar surface area (TPSA) is 20.2 Å². The summed E-state index contributed by atoms with van der Waals surface area (Å²) in [5.41, 5.74) is 0. The van der Waals surface area contributed by atoms with E-state index in [9.17, 15) is 0 Å². The molecule has 0 saturated heterocycles. The summed E-state index contributed by atoms with van der Waals surface area (Å²) >= 11 is 3.64. The minimum absolute atomic E-state index is 0. The van der Waals surface area contributed by atoms with Crippen LogP contribution < -0.4 is 0 Å². The first-order chi connectivity index (χ1) is 1.00. The van der Waals surface area contributed by atoms with Crippen LogP contribution in [-0.2, 0) is 0 Å². The van der Waals surface area contributed by atoms with Crippen molar-refractivity contribution < 1.29 is 4.66 Å². The number of hydrogen-bond acceptors (Lipinski definition) is 1. The fourth-order valence-corrected chi connectivity index (χ4v) is 0. The molecule has 0 amide bonds. The molecule has 0 aliphatic carbocycles. The van der Waals surface area contributed by atoms with E-state index in [-0.39, 0.29) is 52.6 Å². The number of halogens is 1. The molecule has 0 fully saturated rings. The third-order valence-electron chi connectivity index (χ3n) is 0. The molecular weight excluding hydrogens is 98.7 g/mol. The molecule has 4 heteroatoms. The van der Waals surface area contributed by atoms with Crippen molar-refractivity contribution >= 4 is 64.5 Å². The van der Waals surface area contributed by atoms with Gasteiger partial charge in [-0.1, -0.05) is 0 Å². The van der Waals surface area contributed by atoms with Gasteiger partial charge in [0.2, 0.25) is 0 Å². The van der Waals surface area contributed by atoms with Crippen LogP contribution in [0.3, 0.4) is 0 Å². The molecule has 20 valence electrons. The monoisotopic (exact) mass is 102 g/mol. The third-order valence-corrected chi connectivity index (χ3v) is 0. The second-order valence-corrected chi connectivity index (χ2v) is 0. The molecule has 0 unspecified atom stereocenters. The Morgan fingerprint density at radius 2 is 1.25 bits per heavy atom. The number of hydrogen-bond donors (Lipinski definition) is 1. The fourth-order valence-electron chi connectivity index (χ4n) is 0. The van der Waals surface area contributed by atoms with E-state index in [0.717, 1.165) is 0 Å². The van der Waals surface area contributed by atoms with Crippen molar-refractivity contribution in [3.05, 3.63) is 0 Å². The predicted octanol–water partition coefficient (Wildman–Crippen LogP) is -1.43. The van der Waals surface area contributed by atoms with E-state index in [1.54, 1.807) is 0 Å². The molecule has 0 radical (unpaired) electrons. The maximum absolute atomic E-state index is 6.47. The minimum atomic E-state index is 0. The van der Waals surface area contributed by atoms with Gasteiger partial charge in [0.25, 0.3) is 0 Å². The van der Waals surface area contributed by atoms with Crippen molar-refractivity contribution in [1.82, 2.24) is 0 Å². The maximum atomic E-state index is 6.47. The SMILES string of the molecule is OCl.[MgH2].[NaH]. The van der Waals surface area contributed by atoms with Gasteiger partial charge in [0.05, 0.1) is 11.9 Å². The van der Waals surface area contributed by atoms with Crippen LogP contribution in [0, 0.1) is 0 Å². The summed E-state index contributed by atoms with van der Waals surface area (Å²) in [6, 6.07) is 0. The van der Waals surface area contributed by atoms with Gasteiger partial charge < -0.3 is 0 Å². The summed E-state index contributed by atoms with van der Waals surface area (Å²) in [6.45, 7) is 0. The second-order valence-electron chi connectivity index (χ2n) is 0. The van der Waals surface area contributed by atoms with Crippen molar-refractivity contribution in [3.8, 4) is 0 Å². The van der Waals surface area contributed by atoms with Crippen LogP contribution in [-0.4, -0.2) is 57.3 Å². The summed E-state index contributed by atoms with van der Waals surface area (Å²) < 4.78 is 6.47. The molecule has 0 aromatic carbocycles. The molecule has 0 aliphatic rings. The van der Waals surface area contributed by atoms with Gasteiger partial charge in [-0.3, -0.25) is 4.66 Å². The van der Waals surface area contributed by atoms with E-state index < -0.39 is 0 Å². The number of rotatable bonds is 0. The summed E-state index contributed by atoms with van der Waals surface area (Å²) in [4.78, 5) is 0. The van der Waals surface area contributed by atoms with Crippen molar-refractivity contribution in [2.45, 2.75) is 0 Å². The first kappa shape index (κ1) is 16.6. The zero-order chi connectivity index (χ0) is 2.00. The molecule has 0 heterocycles. The normalized spacial score (nSPS) is 1.50. The average Bonchev–Trinajstić information content (AvgIpc) is 1.00. The quantitative estimate of drug-likeness (QED) is 0.372. The van der Waals surface area contributed by atoms with Crippen LogP contribution in [0.5, 0.6) is 0 Å². The Morgan fingerprint density at radius 1 is 1.25 bits per heavy atom. The molecule has 0 rings (SSSR count). The van der Waals surface area contributed by atoms with Crippen molar-refractivity contribution in [2.24, 2.45) is 0 Å². The molecule has 0 aromatic rings. The molecule has 0 aromatic heterocycles. The Morgan fingerprint density at radius 3 is 1.25 bits per heavy atom. The van der Waals surface area contributed by atoms with Crippen LogP contribution in [0.15, 0.2) is 0 Å². The van der Waals surface area contributed by atoms with E-state index in [1.807, 2.05) is 0 Å². The predicted molar refractivity (Wildman–Crippen MR) is 23.8 cm³/mol. The van der Waals surface area contributed by atoms with E-state index in [0.29, 0.717) is 0 Å². The summed E-state index contributed by atoms with van der Waals surface area (Å²) in [6.07, 6.45) is 0. The molecule has 0 saturated carbocycles.